The fourth-order valence-electron chi connectivity index (χ4n) is 1.27. The molecule has 0 aliphatic heterocycles. The molecule has 0 unspecified atom stereocenters. The van der Waals surface area contributed by atoms with Gasteiger partial charge in [0.1, 0.15) is 0 Å². The summed E-state index contributed by atoms with van der Waals surface area (Å²) in [5.74, 6) is 0.699. The van der Waals surface area contributed by atoms with E-state index in [1.165, 1.54) is 0 Å². The van der Waals surface area contributed by atoms with E-state index in [1.807, 2.05) is 34.6 Å². The van der Waals surface area contributed by atoms with E-state index < -0.39 is 10.0 Å². The molecule has 1 N–H and O–H groups in total. The molecule has 0 fully saturated rings. The number of nitrogens with one attached hydrogen (secondary N) is 1. The molecule has 0 radical (unpaired) electrons. The largest absolute Gasteiger partial charge is 0.215 e. The Kier molecular flexibility index (Phi) is 5.77. The lowest BCUT2D eigenvalue weighted by atomic mass is 9.91. The second kappa shape index (κ2) is 5.69. The van der Waals surface area contributed by atoms with Crippen molar-refractivity contribution in [2.24, 2.45) is 10.8 Å². The zero-order chi connectivity index (χ0) is 13.0. The Labute approximate surface area is 105 Å². The van der Waals surface area contributed by atoms with Gasteiger partial charge >= 0.3 is 0 Å². The van der Waals surface area contributed by atoms with Gasteiger partial charge in [-0.15, -0.1) is 11.6 Å². The molecular weight excluding hydrogens is 246 g/mol. The van der Waals surface area contributed by atoms with Crippen molar-refractivity contribution in [1.82, 2.24) is 4.72 Å². The van der Waals surface area contributed by atoms with Crippen LogP contribution in [0.4, 0.5) is 0 Å². The number of rotatable bonds is 6. The molecule has 0 aromatic heterocycles. The second-order valence-electron chi connectivity index (χ2n) is 6.24. The lowest BCUT2D eigenvalue weighted by Crippen LogP contribution is -2.38. The van der Waals surface area contributed by atoms with Gasteiger partial charge in [-0.2, -0.15) is 0 Å². The van der Waals surface area contributed by atoms with Crippen LogP contribution in [0.15, 0.2) is 0 Å². The number of sulfonamides is 1. The summed E-state index contributed by atoms with van der Waals surface area (Å²) in [7, 11) is -3.18. The van der Waals surface area contributed by atoms with Crippen molar-refractivity contribution >= 4 is 21.6 Å². The molecule has 98 valence electrons. The Morgan fingerprint density at radius 3 is 2.00 bits per heavy atom. The van der Waals surface area contributed by atoms with Crippen LogP contribution in [0.25, 0.3) is 0 Å². The van der Waals surface area contributed by atoms with E-state index in [0.29, 0.717) is 12.4 Å². The first-order chi connectivity index (χ1) is 6.97. The average Bonchev–Trinajstić information content (AvgIpc) is 1.97. The molecule has 0 rings (SSSR count). The predicted octanol–water partition coefficient (Wildman–Crippen LogP) is 2.61. The summed E-state index contributed by atoms with van der Waals surface area (Å²) >= 11 is 5.67. The van der Waals surface area contributed by atoms with Crippen LogP contribution >= 0.6 is 11.6 Å². The van der Waals surface area contributed by atoms with Crippen LogP contribution in [0, 0.1) is 10.8 Å². The zero-order valence-electron chi connectivity index (χ0n) is 10.9. The zero-order valence-corrected chi connectivity index (χ0v) is 12.5. The third kappa shape index (κ3) is 8.36. The highest BCUT2D eigenvalue weighted by Crippen LogP contribution is 2.21. The Morgan fingerprint density at radius 2 is 1.62 bits per heavy atom. The molecule has 0 saturated heterocycles. The van der Waals surface area contributed by atoms with Gasteiger partial charge < -0.3 is 0 Å². The van der Waals surface area contributed by atoms with Gasteiger partial charge in [0.05, 0.1) is 5.75 Å². The highest BCUT2D eigenvalue weighted by atomic mass is 35.5. The summed E-state index contributed by atoms with van der Waals surface area (Å²) < 4.78 is 26.2. The standard InChI is InChI=1S/C11H24ClNO2S/c1-10(2,3)9-16(14,15)13-8-11(4,5)6-7-12/h13H,6-9H2,1-5H3. The molecule has 0 heterocycles. The van der Waals surface area contributed by atoms with Crippen LogP contribution in [0.2, 0.25) is 0 Å². The number of hydrogen-bond donors (Lipinski definition) is 1. The van der Waals surface area contributed by atoms with Crippen molar-refractivity contribution in [3.8, 4) is 0 Å². The molecule has 0 bridgehead atoms. The minimum atomic E-state index is -3.18. The quantitative estimate of drug-likeness (QED) is 0.754. The van der Waals surface area contributed by atoms with Crippen LogP contribution in [0.3, 0.4) is 0 Å². The summed E-state index contributed by atoms with van der Waals surface area (Å²) in [6, 6.07) is 0. The molecular formula is C11H24ClNO2S. The van der Waals surface area contributed by atoms with Crippen molar-refractivity contribution in [2.75, 3.05) is 18.2 Å². The van der Waals surface area contributed by atoms with Crippen LogP contribution in [-0.2, 0) is 10.0 Å². The van der Waals surface area contributed by atoms with Gasteiger partial charge in [-0.3, -0.25) is 0 Å². The first-order valence-electron chi connectivity index (χ1n) is 5.51. The van der Waals surface area contributed by atoms with Crippen molar-refractivity contribution < 1.29 is 8.42 Å². The van der Waals surface area contributed by atoms with Gasteiger partial charge in [0.25, 0.3) is 0 Å². The smallest absolute Gasteiger partial charge is 0.212 e. The number of alkyl halides is 1. The molecule has 3 nitrogen and oxygen atoms in total. The first-order valence-corrected chi connectivity index (χ1v) is 7.69. The summed E-state index contributed by atoms with van der Waals surface area (Å²) in [5, 5.41) is 0. The van der Waals surface area contributed by atoms with Gasteiger partial charge in [0.2, 0.25) is 10.0 Å². The van der Waals surface area contributed by atoms with Gasteiger partial charge in [0.15, 0.2) is 0 Å². The Morgan fingerprint density at radius 1 is 1.12 bits per heavy atom. The van der Waals surface area contributed by atoms with Gasteiger partial charge in [-0.1, -0.05) is 34.6 Å². The van der Waals surface area contributed by atoms with Gasteiger partial charge in [0, 0.05) is 12.4 Å². The molecule has 0 aromatic carbocycles. The first kappa shape index (κ1) is 16.2. The minimum absolute atomic E-state index is 0.0906. The number of hydrogen-bond acceptors (Lipinski definition) is 2. The molecule has 5 heteroatoms. The molecule has 0 atom stereocenters. The topological polar surface area (TPSA) is 46.2 Å². The van der Waals surface area contributed by atoms with Crippen LogP contribution < -0.4 is 4.72 Å². The minimum Gasteiger partial charge on any atom is -0.215 e. The average molecular weight is 270 g/mol. The van der Waals surface area contributed by atoms with Crippen molar-refractivity contribution in [2.45, 2.75) is 41.0 Å². The molecule has 0 saturated carbocycles. The molecule has 0 amide bonds. The van der Waals surface area contributed by atoms with Crippen LogP contribution in [-0.4, -0.2) is 26.6 Å². The lowest BCUT2D eigenvalue weighted by Gasteiger charge is -2.25. The number of halogens is 1. The van der Waals surface area contributed by atoms with E-state index in [1.54, 1.807) is 0 Å². The molecule has 16 heavy (non-hydrogen) atoms. The van der Waals surface area contributed by atoms with Crippen molar-refractivity contribution in [1.29, 1.82) is 0 Å². The van der Waals surface area contributed by atoms with E-state index in [4.69, 9.17) is 11.6 Å². The van der Waals surface area contributed by atoms with Crippen molar-refractivity contribution in [3.63, 3.8) is 0 Å². The summed E-state index contributed by atoms with van der Waals surface area (Å²) in [5.41, 5.74) is -0.310. The van der Waals surface area contributed by atoms with Gasteiger partial charge in [-0.05, 0) is 17.3 Å². The fourth-order valence-corrected chi connectivity index (χ4v) is 3.64. The van der Waals surface area contributed by atoms with E-state index in [0.717, 1.165) is 6.42 Å². The van der Waals surface area contributed by atoms with Crippen molar-refractivity contribution in [3.05, 3.63) is 0 Å². The van der Waals surface area contributed by atoms with E-state index in [9.17, 15) is 8.42 Å². The van der Waals surface area contributed by atoms with Crippen LogP contribution in [0.5, 0.6) is 0 Å². The van der Waals surface area contributed by atoms with Gasteiger partial charge in [-0.25, -0.2) is 13.1 Å². The SMILES string of the molecule is CC(C)(C)CS(=O)(=O)NCC(C)(C)CCCl. The predicted molar refractivity (Wildman–Crippen MR) is 70.4 cm³/mol. The van der Waals surface area contributed by atoms with E-state index >= 15 is 0 Å². The maximum atomic E-state index is 11.8. The summed E-state index contributed by atoms with van der Waals surface area (Å²) in [4.78, 5) is 0. The summed E-state index contributed by atoms with van der Waals surface area (Å²) in [6.07, 6.45) is 0.798. The molecule has 0 aliphatic rings. The molecule has 0 aliphatic carbocycles. The van der Waals surface area contributed by atoms with E-state index in [-0.39, 0.29) is 16.6 Å². The fraction of sp³-hybridized carbons (Fsp3) is 1.00. The molecule has 0 spiro atoms. The van der Waals surface area contributed by atoms with Crippen LogP contribution in [0.1, 0.15) is 41.0 Å². The Hall–Kier alpha value is 0.200. The monoisotopic (exact) mass is 269 g/mol. The third-order valence-corrected chi connectivity index (χ3v) is 4.18. The second-order valence-corrected chi connectivity index (χ2v) is 8.43. The maximum absolute atomic E-state index is 11.8. The Bertz CT molecular complexity index is 304. The lowest BCUT2D eigenvalue weighted by molar-refractivity contribution is 0.350. The Balaban J connectivity index is 4.30. The third-order valence-electron chi connectivity index (χ3n) is 2.16. The normalized spacial score (nSPS) is 14.1. The van der Waals surface area contributed by atoms with E-state index in [2.05, 4.69) is 4.72 Å². The maximum Gasteiger partial charge on any atom is 0.212 e. The highest BCUT2D eigenvalue weighted by molar-refractivity contribution is 7.89. The highest BCUT2D eigenvalue weighted by Gasteiger charge is 2.24. The molecule has 0 aromatic rings. The summed E-state index contributed by atoms with van der Waals surface area (Å²) in [6.45, 7) is 10.2.